The highest BCUT2D eigenvalue weighted by atomic mass is 79.9. The fourth-order valence-electron chi connectivity index (χ4n) is 2.36. The lowest BCUT2D eigenvalue weighted by atomic mass is 10.1. The van der Waals surface area contributed by atoms with Crippen molar-refractivity contribution in [3.8, 4) is 28.6 Å². The normalized spacial score (nSPS) is 10.6. The number of halogens is 1. The molecular formula is C17H13BrO5. The molecule has 0 unspecified atom stereocenters. The van der Waals surface area contributed by atoms with E-state index in [1.54, 1.807) is 56.7 Å². The molecule has 0 atom stereocenters. The summed E-state index contributed by atoms with van der Waals surface area (Å²) in [5.41, 5.74) is 0.865. The minimum Gasteiger partial charge on any atom is -0.493 e. The van der Waals surface area contributed by atoms with Gasteiger partial charge in [0.1, 0.15) is 5.58 Å². The summed E-state index contributed by atoms with van der Waals surface area (Å²) in [4.78, 5) is 12.6. The maximum Gasteiger partial charge on any atom is 0.236 e. The minimum absolute atomic E-state index is 0.0796. The van der Waals surface area contributed by atoms with E-state index >= 15 is 0 Å². The Morgan fingerprint density at radius 2 is 1.74 bits per heavy atom. The van der Waals surface area contributed by atoms with Crippen molar-refractivity contribution in [1.82, 2.24) is 0 Å². The van der Waals surface area contributed by atoms with E-state index in [9.17, 15) is 4.79 Å². The average Bonchev–Trinajstić information content (AvgIpc) is 2.61. The molecule has 2 aromatic carbocycles. The summed E-state index contributed by atoms with van der Waals surface area (Å²) < 4.78 is 21.5. The molecule has 0 aliphatic rings. The van der Waals surface area contributed by atoms with Gasteiger partial charge in [0.15, 0.2) is 33.5 Å². The lowest BCUT2D eigenvalue weighted by molar-refractivity contribution is 0.355. The van der Waals surface area contributed by atoms with Gasteiger partial charge in [0.25, 0.3) is 0 Å². The molecule has 0 saturated heterocycles. The van der Waals surface area contributed by atoms with Crippen molar-refractivity contribution in [2.45, 2.75) is 0 Å². The molecule has 23 heavy (non-hydrogen) atoms. The molecule has 1 heterocycles. The van der Waals surface area contributed by atoms with E-state index in [1.165, 1.54) is 0 Å². The molecule has 0 amide bonds. The Bertz CT molecular complexity index is 916. The molecule has 0 aliphatic carbocycles. The van der Waals surface area contributed by atoms with E-state index < -0.39 is 0 Å². The van der Waals surface area contributed by atoms with Crippen LogP contribution in [-0.2, 0) is 0 Å². The molecule has 1 aromatic heterocycles. The molecule has 0 radical (unpaired) electrons. The average molecular weight is 377 g/mol. The van der Waals surface area contributed by atoms with Crippen molar-refractivity contribution < 1.29 is 17.7 Å². The smallest absolute Gasteiger partial charge is 0.236 e. The van der Waals surface area contributed by atoms with Crippen LogP contribution in [0, 0.1) is 0 Å². The van der Waals surface area contributed by atoms with Gasteiger partial charge in [0.05, 0.1) is 19.6 Å². The van der Waals surface area contributed by atoms with Gasteiger partial charge in [-0.15, -0.1) is 0 Å². The van der Waals surface area contributed by atoms with Crippen LogP contribution in [0.25, 0.3) is 22.3 Å². The highest BCUT2D eigenvalue weighted by molar-refractivity contribution is 9.06. The molecule has 5 nitrogen and oxygen atoms in total. The van der Waals surface area contributed by atoms with Crippen LogP contribution in [0.1, 0.15) is 0 Å². The topological polar surface area (TPSA) is 57.9 Å². The standard InChI is InChI=1S/C17H13BrO5/c1-20-13-8-7-10(9-14(13)21-2)16-17(23-18)15(19)11-5-3-4-6-12(11)22-16/h3-9H,1-2H3. The highest BCUT2D eigenvalue weighted by Crippen LogP contribution is 2.36. The van der Waals surface area contributed by atoms with Gasteiger partial charge in [-0.1, -0.05) is 12.1 Å². The summed E-state index contributed by atoms with van der Waals surface area (Å²) in [6, 6.07) is 12.2. The van der Waals surface area contributed by atoms with Crippen molar-refractivity contribution in [1.29, 1.82) is 0 Å². The molecular weight excluding hydrogens is 364 g/mol. The van der Waals surface area contributed by atoms with E-state index in [-0.39, 0.29) is 11.2 Å². The van der Waals surface area contributed by atoms with Gasteiger partial charge in [-0.25, -0.2) is 0 Å². The summed E-state index contributed by atoms with van der Waals surface area (Å²) >= 11 is 2.89. The van der Waals surface area contributed by atoms with Crippen LogP contribution in [-0.4, -0.2) is 14.2 Å². The molecule has 0 bridgehead atoms. The van der Waals surface area contributed by atoms with Gasteiger partial charge in [-0.05, 0) is 30.3 Å². The van der Waals surface area contributed by atoms with Crippen molar-refractivity contribution in [3.63, 3.8) is 0 Å². The van der Waals surface area contributed by atoms with E-state index in [4.69, 9.17) is 17.7 Å². The predicted octanol–water partition coefficient (Wildman–Crippen LogP) is 4.17. The molecule has 0 aliphatic heterocycles. The van der Waals surface area contributed by atoms with Crippen LogP contribution in [0.3, 0.4) is 0 Å². The number of rotatable bonds is 4. The first kappa shape index (κ1) is 15.4. The molecule has 0 fully saturated rings. The van der Waals surface area contributed by atoms with Crippen molar-refractivity contribution in [3.05, 3.63) is 52.7 Å². The number of hydrogen-bond donors (Lipinski definition) is 0. The van der Waals surface area contributed by atoms with Gasteiger partial charge in [0, 0.05) is 5.56 Å². The molecule has 6 heteroatoms. The van der Waals surface area contributed by atoms with E-state index in [2.05, 4.69) is 16.3 Å². The fraction of sp³-hybridized carbons (Fsp3) is 0.118. The maximum atomic E-state index is 12.6. The van der Waals surface area contributed by atoms with Crippen LogP contribution >= 0.6 is 16.3 Å². The monoisotopic (exact) mass is 376 g/mol. The summed E-state index contributed by atoms with van der Waals surface area (Å²) in [6.45, 7) is 0. The minimum atomic E-state index is -0.256. The van der Waals surface area contributed by atoms with Gasteiger partial charge in [-0.3, -0.25) is 4.79 Å². The van der Waals surface area contributed by atoms with E-state index in [0.717, 1.165) is 0 Å². The Hall–Kier alpha value is -2.47. The zero-order valence-corrected chi connectivity index (χ0v) is 14.0. The SMILES string of the molecule is COc1ccc(-c2oc3ccccc3c(=O)c2OBr)cc1OC. The fourth-order valence-corrected chi connectivity index (χ4v) is 2.66. The lowest BCUT2D eigenvalue weighted by Crippen LogP contribution is -2.05. The zero-order chi connectivity index (χ0) is 16.4. The molecule has 118 valence electrons. The second-order valence-electron chi connectivity index (χ2n) is 4.73. The Morgan fingerprint density at radius 3 is 2.43 bits per heavy atom. The first-order chi connectivity index (χ1) is 11.2. The van der Waals surface area contributed by atoms with Crippen LogP contribution in [0.5, 0.6) is 17.2 Å². The maximum absolute atomic E-state index is 12.6. The number of methoxy groups -OCH3 is 2. The number of ether oxygens (including phenoxy) is 2. The third-order valence-electron chi connectivity index (χ3n) is 3.48. The highest BCUT2D eigenvalue weighted by Gasteiger charge is 2.18. The third kappa shape index (κ3) is 2.66. The number of hydrogen-bond acceptors (Lipinski definition) is 5. The molecule has 0 spiro atoms. The second-order valence-corrected chi connectivity index (χ2v) is 5.06. The predicted molar refractivity (Wildman–Crippen MR) is 90.6 cm³/mol. The Kier molecular flexibility index (Phi) is 4.25. The quantitative estimate of drug-likeness (QED) is 0.683. The lowest BCUT2D eigenvalue weighted by Gasteiger charge is -2.11. The van der Waals surface area contributed by atoms with Crippen molar-refractivity contribution in [2.75, 3.05) is 14.2 Å². The van der Waals surface area contributed by atoms with E-state index in [1.807, 2.05) is 0 Å². The van der Waals surface area contributed by atoms with Gasteiger partial charge in [-0.2, -0.15) is 0 Å². The number of benzene rings is 2. The van der Waals surface area contributed by atoms with Crippen LogP contribution in [0.4, 0.5) is 0 Å². The van der Waals surface area contributed by atoms with Gasteiger partial charge in [0.2, 0.25) is 11.2 Å². The molecule has 3 aromatic rings. The zero-order valence-electron chi connectivity index (χ0n) is 12.5. The summed E-state index contributed by atoms with van der Waals surface area (Å²) in [7, 11) is 3.10. The largest absolute Gasteiger partial charge is 0.493 e. The second kappa shape index (κ2) is 6.34. The Labute approximate surface area is 140 Å². The van der Waals surface area contributed by atoms with Crippen LogP contribution < -0.4 is 18.7 Å². The number of fused-ring (bicyclic) bond motifs is 1. The van der Waals surface area contributed by atoms with Gasteiger partial charge >= 0.3 is 0 Å². The Morgan fingerprint density at radius 1 is 1.00 bits per heavy atom. The molecule has 0 N–H and O–H groups in total. The number of para-hydroxylation sites is 1. The third-order valence-corrected chi connectivity index (χ3v) is 3.80. The van der Waals surface area contributed by atoms with Crippen LogP contribution in [0.2, 0.25) is 0 Å². The van der Waals surface area contributed by atoms with Crippen molar-refractivity contribution >= 4 is 27.2 Å². The molecule has 0 saturated carbocycles. The van der Waals surface area contributed by atoms with E-state index in [0.29, 0.717) is 33.8 Å². The molecule has 3 rings (SSSR count). The summed E-state index contributed by atoms with van der Waals surface area (Å²) in [6.07, 6.45) is 0. The summed E-state index contributed by atoms with van der Waals surface area (Å²) in [5.74, 6) is 1.50. The van der Waals surface area contributed by atoms with Gasteiger partial charge < -0.3 is 17.7 Å². The van der Waals surface area contributed by atoms with Crippen LogP contribution in [0.15, 0.2) is 51.7 Å². The first-order valence-corrected chi connectivity index (χ1v) is 7.41. The van der Waals surface area contributed by atoms with Crippen molar-refractivity contribution in [2.24, 2.45) is 0 Å². The summed E-state index contributed by atoms with van der Waals surface area (Å²) in [5, 5.41) is 0.450. The Balaban J connectivity index is 2.29. The first-order valence-electron chi connectivity index (χ1n) is 6.76.